The molecule has 240 valence electrons. The van der Waals surface area contributed by atoms with Crippen molar-refractivity contribution in [3.8, 4) is 0 Å². The smallest absolute Gasteiger partial charge is 0.331 e. The highest BCUT2D eigenvalue weighted by molar-refractivity contribution is 5.88. The Morgan fingerprint density at radius 3 is 2.39 bits per heavy atom. The minimum Gasteiger partial charge on any atom is -0.478 e. The number of carboxylic acids is 1. The van der Waals surface area contributed by atoms with Crippen molar-refractivity contribution < 1.29 is 29.6 Å². The molecular formula is C35H49N3O6. The number of nitrogens with zero attached hydrogens (tertiary/aromatic N) is 3. The molecule has 9 heteroatoms. The summed E-state index contributed by atoms with van der Waals surface area (Å²) in [5.41, 5.74) is 10.5. The Kier molecular flexibility index (Phi) is 8.98. The Bertz CT molecular complexity index is 1350. The first kappa shape index (κ1) is 32.5. The van der Waals surface area contributed by atoms with Crippen LogP contribution in [0.1, 0.15) is 98.0 Å². The molecular weight excluding hydrogens is 558 g/mol. The molecule has 5 rings (SSSR count). The first-order valence-electron chi connectivity index (χ1n) is 16.4. The van der Waals surface area contributed by atoms with Crippen LogP contribution in [0, 0.1) is 39.9 Å². The topological polar surface area (TPSA) is 153 Å². The van der Waals surface area contributed by atoms with Crippen molar-refractivity contribution in [2.24, 2.45) is 45.0 Å². The van der Waals surface area contributed by atoms with Gasteiger partial charge in [-0.15, -0.1) is 0 Å². The zero-order valence-electron chi connectivity index (χ0n) is 26.8. The van der Waals surface area contributed by atoms with Crippen molar-refractivity contribution in [2.45, 2.75) is 117 Å². The quantitative estimate of drug-likeness (QED) is 0.0705. The average Bonchev–Trinajstić information content (AvgIpc) is 3.23. The first-order valence-corrected chi connectivity index (χ1v) is 16.4. The summed E-state index contributed by atoms with van der Waals surface area (Å²) in [5.74, 6) is -1.09. The lowest BCUT2D eigenvalue weighted by atomic mass is 9.36. The van der Waals surface area contributed by atoms with E-state index >= 15 is 0 Å². The third kappa shape index (κ3) is 5.35. The molecule has 44 heavy (non-hydrogen) atoms. The fraction of sp³-hybridized carbons (Fsp3) is 0.714. The van der Waals surface area contributed by atoms with Crippen LogP contribution in [-0.2, 0) is 20.7 Å². The maximum atomic E-state index is 12.9. The normalized spacial score (nSPS) is 40.6. The number of carbonyl (C=O) groups excluding carboxylic acids is 1. The maximum absolute atomic E-state index is 12.9. The molecule has 0 heterocycles. The minimum absolute atomic E-state index is 0.0146. The van der Waals surface area contributed by atoms with E-state index in [2.05, 4.69) is 37.7 Å². The van der Waals surface area contributed by atoms with E-state index < -0.39 is 24.1 Å². The molecule has 4 aliphatic rings. The second kappa shape index (κ2) is 12.1. The van der Waals surface area contributed by atoms with Crippen molar-refractivity contribution in [2.75, 3.05) is 0 Å². The predicted octanol–water partition coefficient (Wildman–Crippen LogP) is 7.27. The lowest BCUT2D eigenvalue weighted by molar-refractivity contribution is -0.234. The van der Waals surface area contributed by atoms with Crippen LogP contribution in [-0.4, -0.2) is 45.6 Å². The molecule has 3 N–H and O–H groups in total. The molecule has 4 saturated carbocycles. The zero-order valence-corrected chi connectivity index (χ0v) is 26.8. The van der Waals surface area contributed by atoms with Crippen LogP contribution in [0.2, 0.25) is 0 Å². The van der Waals surface area contributed by atoms with Gasteiger partial charge < -0.3 is 20.1 Å². The number of unbranched alkanes of at least 4 members (excludes halogenated alkanes) is 1. The highest BCUT2D eigenvalue weighted by atomic mass is 16.5. The van der Waals surface area contributed by atoms with Crippen molar-refractivity contribution in [1.82, 2.24) is 0 Å². The number of hydrogen-bond acceptors (Lipinski definition) is 6. The number of azide groups is 1. The van der Waals surface area contributed by atoms with E-state index in [-0.39, 0.29) is 40.1 Å². The molecule has 4 unspecified atom stereocenters. The molecule has 0 amide bonds. The number of aryl methyl sites for hydroxylation is 1. The summed E-state index contributed by atoms with van der Waals surface area (Å²) in [4.78, 5) is 28.1. The molecule has 10 atom stereocenters. The average molecular weight is 608 g/mol. The number of aliphatic hydroxyl groups is 2. The van der Waals surface area contributed by atoms with E-state index in [1.807, 2.05) is 12.1 Å². The third-order valence-electron chi connectivity index (χ3n) is 12.9. The Balaban J connectivity index is 1.45. The van der Waals surface area contributed by atoms with E-state index in [9.17, 15) is 24.9 Å². The van der Waals surface area contributed by atoms with E-state index in [1.54, 1.807) is 12.1 Å². The van der Waals surface area contributed by atoms with Crippen LogP contribution in [0.3, 0.4) is 0 Å². The van der Waals surface area contributed by atoms with E-state index in [1.165, 1.54) is 6.92 Å². The second-order valence-corrected chi connectivity index (χ2v) is 14.9. The Morgan fingerprint density at radius 1 is 1.05 bits per heavy atom. The largest absolute Gasteiger partial charge is 0.478 e. The number of hydrogen-bond donors (Lipinski definition) is 3. The highest BCUT2D eigenvalue weighted by Crippen LogP contribution is 2.74. The van der Waals surface area contributed by atoms with Gasteiger partial charge in [-0.3, -0.25) is 4.79 Å². The molecule has 0 saturated heterocycles. The maximum Gasteiger partial charge on any atom is 0.331 e. The lowest BCUT2D eigenvalue weighted by Gasteiger charge is -2.69. The molecule has 1 aromatic carbocycles. The molecule has 1 aromatic rings. The number of carbonyl (C=O) groups is 2. The van der Waals surface area contributed by atoms with Gasteiger partial charge >= 0.3 is 11.9 Å². The van der Waals surface area contributed by atoms with Crippen molar-refractivity contribution >= 4 is 17.6 Å². The number of ether oxygens (including phenoxy) is 1. The van der Waals surface area contributed by atoms with Gasteiger partial charge in [-0.1, -0.05) is 57.1 Å². The summed E-state index contributed by atoms with van der Waals surface area (Å²) in [6, 6.07) is 7.39. The number of carboxylic acid groups (broad SMARTS) is 1. The summed E-state index contributed by atoms with van der Waals surface area (Å²) < 4.78 is 5.93. The van der Waals surface area contributed by atoms with Crippen molar-refractivity contribution in [3.05, 3.63) is 51.4 Å². The molecule has 0 spiro atoms. The number of benzene rings is 1. The van der Waals surface area contributed by atoms with E-state index in [0.717, 1.165) is 44.1 Å². The summed E-state index contributed by atoms with van der Waals surface area (Å²) in [6.45, 7) is 10.4. The molecule has 4 aliphatic carbocycles. The SMILES string of the molecule is CC(=O)O[C@H]1C[C@@]2(C)C(CC(O)C3[C@@]4(C)CC[C@@H](O)[C@@H](C)C4CC[C@@]32C)/C1=C(\CCCCc1ccc(N=[N+]=[N-])cc1)C(=O)O. The Labute approximate surface area is 260 Å². The summed E-state index contributed by atoms with van der Waals surface area (Å²) in [7, 11) is 0. The number of aliphatic carboxylic acids is 1. The van der Waals surface area contributed by atoms with Crippen molar-refractivity contribution in [1.29, 1.82) is 0 Å². The van der Waals surface area contributed by atoms with Gasteiger partial charge in [0.2, 0.25) is 0 Å². The lowest BCUT2D eigenvalue weighted by Crippen LogP contribution is -2.65. The Morgan fingerprint density at radius 2 is 1.75 bits per heavy atom. The van der Waals surface area contributed by atoms with Crippen LogP contribution >= 0.6 is 0 Å². The van der Waals surface area contributed by atoms with Gasteiger partial charge in [-0.2, -0.15) is 0 Å². The zero-order chi connectivity index (χ0) is 32.0. The highest BCUT2D eigenvalue weighted by Gasteiger charge is 2.70. The predicted molar refractivity (Wildman–Crippen MR) is 167 cm³/mol. The van der Waals surface area contributed by atoms with Gasteiger partial charge in [-0.05, 0) is 121 Å². The fourth-order valence-corrected chi connectivity index (χ4v) is 10.7. The van der Waals surface area contributed by atoms with E-state index in [0.29, 0.717) is 48.4 Å². The molecule has 9 nitrogen and oxygen atoms in total. The van der Waals surface area contributed by atoms with Gasteiger partial charge in [-0.25, -0.2) is 4.79 Å². The number of fused-ring (bicyclic) bond motifs is 5. The second-order valence-electron chi connectivity index (χ2n) is 14.9. The van der Waals surface area contributed by atoms with Gasteiger partial charge in [0.1, 0.15) is 6.10 Å². The molecule has 0 radical (unpaired) electrons. The van der Waals surface area contributed by atoms with Crippen LogP contribution in [0.4, 0.5) is 5.69 Å². The van der Waals surface area contributed by atoms with Crippen LogP contribution in [0.15, 0.2) is 40.5 Å². The summed E-state index contributed by atoms with van der Waals surface area (Å²) >= 11 is 0. The van der Waals surface area contributed by atoms with Gasteiger partial charge in [0.05, 0.1) is 12.2 Å². The molecule has 4 fully saturated rings. The minimum atomic E-state index is -0.979. The van der Waals surface area contributed by atoms with Crippen molar-refractivity contribution in [3.63, 3.8) is 0 Å². The van der Waals surface area contributed by atoms with Crippen LogP contribution < -0.4 is 0 Å². The third-order valence-corrected chi connectivity index (χ3v) is 12.9. The van der Waals surface area contributed by atoms with Gasteiger partial charge in [0.25, 0.3) is 0 Å². The number of aliphatic hydroxyl groups excluding tert-OH is 2. The summed E-state index contributed by atoms with van der Waals surface area (Å²) in [5, 5.41) is 36.9. The Hall–Kier alpha value is -2.87. The van der Waals surface area contributed by atoms with E-state index in [4.69, 9.17) is 10.3 Å². The summed E-state index contributed by atoms with van der Waals surface area (Å²) in [6.07, 6.45) is 5.47. The first-order chi connectivity index (χ1) is 20.8. The molecule has 0 bridgehead atoms. The number of rotatable bonds is 8. The molecule has 0 aromatic heterocycles. The van der Waals surface area contributed by atoms with Crippen LogP contribution in [0.25, 0.3) is 10.4 Å². The van der Waals surface area contributed by atoms with Gasteiger partial charge in [0.15, 0.2) is 0 Å². The standard InChI is InChI=1S/C35H49N3O6/c1-20-25-14-17-34(4)31(33(25,3)16-15-27(20)40)28(41)18-26-30(29(44-21(2)39)19-35(26,34)5)24(32(42)43)9-7-6-8-22-10-12-23(13-11-22)37-38-36/h10-13,20,25-29,31,40-41H,6-9,14-19H2,1-5H3,(H,42,43)/b30-24-/t20-,25?,26?,27+,28?,29-,31?,33-,34-,35-/m0/s1. The fourth-order valence-electron chi connectivity index (χ4n) is 10.7. The monoisotopic (exact) mass is 607 g/mol. The number of esters is 1. The van der Waals surface area contributed by atoms with Gasteiger partial charge in [0, 0.05) is 23.1 Å². The molecule has 0 aliphatic heterocycles. The van der Waals surface area contributed by atoms with Crippen LogP contribution in [0.5, 0.6) is 0 Å².